The Morgan fingerprint density at radius 2 is 2.05 bits per heavy atom. The lowest BCUT2D eigenvalue weighted by atomic mass is 10.1. The van der Waals surface area contributed by atoms with Crippen molar-refractivity contribution in [3.05, 3.63) is 52.0 Å². The zero-order valence-corrected chi connectivity index (χ0v) is 13.5. The molecule has 0 saturated heterocycles. The van der Waals surface area contributed by atoms with E-state index in [0.29, 0.717) is 5.56 Å². The van der Waals surface area contributed by atoms with E-state index < -0.39 is 0 Å². The minimum Gasteiger partial charge on any atom is -0.324 e. The van der Waals surface area contributed by atoms with E-state index in [1.807, 2.05) is 24.3 Å². The molecule has 2 aromatic carbocycles. The molecule has 3 rings (SSSR count). The van der Waals surface area contributed by atoms with Gasteiger partial charge in [0.2, 0.25) is 0 Å². The van der Waals surface area contributed by atoms with Gasteiger partial charge in [-0.15, -0.1) is 0 Å². The molecule has 0 aliphatic rings. The van der Waals surface area contributed by atoms with Crippen molar-refractivity contribution in [1.82, 2.24) is 9.55 Å². The number of nitriles is 1. The van der Waals surface area contributed by atoms with Gasteiger partial charge in [0.25, 0.3) is 0 Å². The highest BCUT2D eigenvalue weighted by Crippen LogP contribution is 2.28. The summed E-state index contributed by atoms with van der Waals surface area (Å²) in [6, 6.07) is 14.1. The average molecular weight is 340 g/mol. The summed E-state index contributed by atoms with van der Waals surface area (Å²) in [5.41, 5.74) is 4.84. The summed E-state index contributed by atoms with van der Waals surface area (Å²) in [5.74, 6) is 0.943. The first kappa shape index (κ1) is 13.8. The number of benzene rings is 2. The third kappa shape index (κ3) is 2.34. The third-order valence-corrected chi connectivity index (χ3v) is 4.50. The summed E-state index contributed by atoms with van der Waals surface area (Å²) in [6.07, 6.45) is 0. The monoisotopic (exact) mass is 339 g/mol. The molecule has 0 amide bonds. The normalized spacial score (nSPS) is 10.8. The number of halogens is 1. The van der Waals surface area contributed by atoms with Gasteiger partial charge in [-0.25, -0.2) is 4.98 Å². The highest BCUT2D eigenvalue weighted by Gasteiger charge is 2.12. The molecule has 0 radical (unpaired) electrons. The number of fused-ring (bicyclic) bond motifs is 1. The van der Waals surface area contributed by atoms with Gasteiger partial charge in [0.05, 0.1) is 22.7 Å². The molecule has 104 valence electrons. The van der Waals surface area contributed by atoms with Crippen LogP contribution >= 0.6 is 15.9 Å². The lowest BCUT2D eigenvalue weighted by Gasteiger charge is -2.07. The van der Waals surface area contributed by atoms with E-state index in [1.54, 1.807) is 0 Å². The van der Waals surface area contributed by atoms with E-state index in [9.17, 15) is 0 Å². The average Bonchev–Trinajstić information content (AvgIpc) is 2.87. The fourth-order valence-electron chi connectivity index (χ4n) is 2.52. The summed E-state index contributed by atoms with van der Waals surface area (Å²) < 4.78 is 3.27. The zero-order valence-electron chi connectivity index (χ0n) is 11.9. The molecule has 4 heteroatoms. The molecular formula is C17H14BrN3. The Kier molecular flexibility index (Phi) is 3.52. The van der Waals surface area contributed by atoms with Crippen LogP contribution in [0.3, 0.4) is 0 Å². The van der Waals surface area contributed by atoms with Crippen molar-refractivity contribution >= 4 is 27.0 Å². The van der Waals surface area contributed by atoms with Crippen LogP contribution in [-0.4, -0.2) is 9.55 Å². The second kappa shape index (κ2) is 5.34. The molecule has 0 fully saturated rings. The number of nitrogens with zero attached hydrogens (tertiary/aromatic N) is 3. The Hall–Kier alpha value is -2.12. The predicted octanol–water partition coefficient (Wildman–Crippen LogP) is 4.67. The first-order valence-corrected chi connectivity index (χ1v) is 7.60. The summed E-state index contributed by atoms with van der Waals surface area (Å²) in [5, 5.41) is 9.02. The lowest BCUT2D eigenvalue weighted by Crippen LogP contribution is -1.97. The number of aryl methyl sites for hydroxylation is 2. The molecule has 0 bridgehead atoms. The van der Waals surface area contributed by atoms with Crippen LogP contribution in [-0.2, 0) is 6.54 Å². The van der Waals surface area contributed by atoms with Gasteiger partial charge in [0.15, 0.2) is 0 Å². The van der Waals surface area contributed by atoms with E-state index in [2.05, 4.69) is 52.5 Å². The van der Waals surface area contributed by atoms with Gasteiger partial charge in [-0.1, -0.05) is 22.0 Å². The molecule has 0 saturated carbocycles. The smallest absolute Gasteiger partial charge is 0.141 e. The molecule has 21 heavy (non-hydrogen) atoms. The van der Waals surface area contributed by atoms with Crippen LogP contribution in [0.25, 0.3) is 22.4 Å². The van der Waals surface area contributed by atoms with Crippen molar-refractivity contribution in [2.75, 3.05) is 0 Å². The number of rotatable bonds is 2. The van der Waals surface area contributed by atoms with Gasteiger partial charge in [-0.2, -0.15) is 5.26 Å². The number of hydrogen-bond donors (Lipinski definition) is 0. The van der Waals surface area contributed by atoms with Crippen molar-refractivity contribution in [1.29, 1.82) is 5.26 Å². The minimum absolute atomic E-state index is 0.641. The molecule has 1 heterocycles. The van der Waals surface area contributed by atoms with Crippen molar-refractivity contribution in [3.63, 3.8) is 0 Å². The maximum atomic E-state index is 9.02. The Bertz CT molecular complexity index is 872. The Labute approximate surface area is 132 Å². The third-order valence-electron chi connectivity index (χ3n) is 3.61. The molecule has 0 spiro atoms. The molecule has 0 N–H and O–H groups in total. The Morgan fingerprint density at radius 1 is 1.24 bits per heavy atom. The first-order valence-electron chi connectivity index (χ1n) is 6.81. The summed E-state index contributed by atoms with van der Waals surface area (Å²) in [4.78, 5) is 4.73. The van der Waals surface area contributed by atoms with E-state index in [-0.39, 0.29) is 0 Å². The Morgan fingerprint density at radius 3 is 2.71 bits per heavy atom. The van der Waals surface area contributed by atoms with Gasteiger partial charge in [0.1, 0.15) is 5.82 Å². The minimum atomic E-state index is 0.641. The summed E-state index contributed by atoms with van der Waals surface area (Å²) >= 11 is 3.53. The summed E-state index contributed by atoms with van der Waals surface area (Å²) in [6.45, 7) is 5.02. The van der Waals surface area contributed by atoms with Gasteiger partial charge in [0, 0.05) is 16.6 Å². The molecule has 1 aromatic heterocycles. The van der Waals surface area contributed by atoms with E-state index >= 15 is 0 Å². The van der Waals surface area contributed by atoms with Crippen molar-refractivity contribution in [3.8, 4) is 17.5 Å². The number of hydrogen-bond acceptors (Lipinski definition) is 2. The maximum absolute atomic E-state index is 9.02. The first-order chi connectivity index (χ1) is 10.1. The molecule has 3 nitrogen and oxygen atoms in total. The zero-order chi connectivity index (χ0) is 15.0. The van der Waals surface area contributed by atoms with Gasteiger partial charge < -0.3 is 4.57 Å². The second-order valence-corrected chi connectivity index (χ2v) is 5.81. The SMILES string of the molecule is CCn1c(-c2ccc(Br)c(C)c2)nc2cc(C#N)ccc21. The standard InChI is InChI=1S/C17H14BrN3/c1-3-21-16-7-4-12(10-19)9-15(16)20-17(21)13-5-6-14(18)11(2)8-13/h4-9H,3H2,1-2H3. The second-order valence-electron chi connectivity index (χ2n) is 4.96. The van der Waals surface area contributed by atoms with Crippen LogP contribution < -0.4 is 0 Å². The maximum Gasteiger partial charge on any atom is 0.141 e. The number of aromatic nitrogens is 2. The van der Waals surface area contributed by atoms with Crippen LogP contribution in [0.1, 0.15) is 18.1 Å². The summed E-state index contributed by atoms with van der Waals surface area (Å²) in [7, 11) is 0. The van der Waals surface area contributed by atoms with Crippen LogP contribution in [0.4, 0.5) is 0 Å². The van der Waals surface area contributed by atoms with Crippen LogP contribution in [0, 0.1) is 18.3 Å². The molecule has 0 aliphatic carbocycles. The van der Waals surface area contributed by atoms with Crippen LogP contribution in [0.15, 0.2) is 40.9 Å². The fourth-order valence-corrected chi connectivity index (χ4v) is 2.77. The largest absolute Gasteiger partial charge is 0.324 e. The molecule has 0 aliphatic heterocycles. The molecule has 0 atom stereocenters. The van der Waals surface area contributed by atoms with Gasteiger partial charge in [-0.3, -0.25) is 0 Å². The quantitative estimate of drug-likeness (QED) is 0.680. The van der Waals surface area contributed by atoms with Crippen LogP contribution in [0.5, 0.6) is 0 Å². The number of imidazole rings is 1. The van der Waals surface area contributed by atoms with Gasteiger partial charge in [-0.05, 0) is 49.7 Å². The predicted molar refractivity (Wildman–Crippen MR) is 88.0 cm³/mol. The molecular weight excluding hydrogens is 326 g/mol. The van der Waals surface area contributed by atoms with Crippen molar-refractivity contribution in [2.24, 2.45) is 0 Å². The molecule has 3 aromatic rings. The topological polar surface area (TPSA) is 41.6 Å². The van der Waals surface area contributed by atoms with Gasteiger partial charge >= 0.3 is 0 Å². The van der Waals surface area contributed by atoms with E-state index in [4.69, 9.17) is 10.2 Å². The van der Waals surface area contributed by atoms with Crippen molar-refractivity contribution in [2.45, 2.75) is 20.4 Å². The van der Waals surface area contributed by atoms with E-state index in [1.165, 1.54) is 5.56 Å². The lowest BCUT2D eigenvalue weighted by molar-refractivity contribution is 0.796. The Balaban J connectivity index is 2.26. The van der Waals surface area contributed by atoms with Crippen LogP contribution in [0.2, 0.25) is 0 Å². The highest BCUT2D eigenvalue weighted by atomic mass is 79.9. The molecule has 0 unspecified atom stereocenters. The van der Waals surface area contributed by atoms with E-state index in [0.717, 1.165) is 33.4 Å². The van der Waals surface area contributed by atoms with Crippen molar-refractivity contribution < 1.29 is 0 Å². The highest BCUT2D eigenvalue weighted by molar-refractivity contribution is 9.10. The fraction of sp³-hybridized carbons (Fsp3) is 0.176.